The lowest BCUT2D eigenvalue weighted by Gasteiger charge is -2.15. The van der Waals surface area contributed by atoms with E-state index in [1.54, 1.807) is 0 Å². The summed E-state index contributed by atoms with van der Waals surface area (Å²) in [4.78, 5) is 0. The molecule has 4 aromatic rings. The molecular weight excluding hydrogens is 368 g/mol. The summed E-state index contributed by atoms with van der Waals surface area (Å²) in [5.41, 5.74) is 6.98. The lowest BCUT2D eigenvalue weighted by Crippen LogP contribution is -1.92. The summed E-state index contributed by atoms with van der Waals surface area (Å²) in [5, 5.41) is 0. The molecule has 0 saturated heterocycles. The molecule has 0 aliphatic heterocycles. The molecule has 0 saturated carbocycles. The molecule has 0 fully saturated rings. The fraction of sp³-hybridized carbons (Fsp3) is 0.143. The van der Waals surface area contributed by atoms with E-state index < -0.39 is 0 Å². The maximum absolute atomic E-state index is 6.17. The number of para-hydroxylation sites is 1. The van der Waals surface area contributed by atoms with Crippen LogP contribution >= 0.6 is 0 Å². The molecule has 0 unspecified atom stereocenters. The van der Waals surface area contributed by atoms with Gasteiger partial charge in [-0.15, -0.1) is 0 Å². The molecule has 4 rings (SSSR count). The Hall–Kier alpha value is -3.52. The fourth-order valence-electron chi connectivity index (χ4n) is 3.52. The van der Waals surface area contributed by atoms with Crippen LogP contribution in [0.15, 0.2) is 84.9 Å². The molecule has 0 N–H and O–H groups in total. The van der Waals surface area contributed by atoms with Crippen molar-refractivity contribution in [1.29, 1.82) is 0 Å². The van der Waals surface area contributed by atoms with E-state index in [0.29, 0.717) is 0 Å². The molecule has 0 aliphatic carbocycles. The molecule has 150 valence electrons. The van der Waals surface area contributed by atoms with Gasteiger partial charge in [-0.3, -0.25) is 0 Å². The number of rotatable bonds is 5. The number of benzene rings is 4. The number of ether oxygens (including phenoxy) is 2. The van der Waals surface area contributed by atoms with Crippen LogP contribution < -0.4 is 9.47 Å². The van der Waals surface area contributed by atoms with Gasteiger partial charge in [0.2, 0.25) is 0 Å². The van der Waals surface area contributed by atoms with Crippen LogP contribution in [0.25, 0.3) is 11.1 Å². The van der Waals surface area contributed by atoms with E-state index in [0.717, 1.165) is 39.7 Å². The lowest BCUT2D eigenvalue weighted by atomic mass is 9.96. The Morgan fingerprint density at radius 3 is 1.70 bits per heavy atom. The van der Waals surface area contributed by atoms with E-state index in [-0.39, 0.29) is 0 Å². The van der Waals surface area contributed by atoms with Crippen LogP contribution in [0.5, 0.6) is 23.0 Å². The summed E-state index contributed by atoms with van der Waals surface area (Å²) < 4.78 is 12.3. The van der Waals surface area contributed by atoms with E-state index in [9.17, 15) is 0 Å². The summed E-state index contributed by atoms with van der Waals surface area (Å²) in [7, 11) is 0. The molecule has 0 spiro atoms. The van der Waals surface area contributed by atoms with Crippen LogP contribution in [0, 0.1) is 27.7 Å². The van der Waals surface area contributed by atoms with Gasteiger partial charge in [0, 0.05) is 0 Å². The third-order valence-electron chi connectivity index (χ3n) is 5.25. The first-order chi connectivity index (χ1) is 14.5. The predicted octanol–water partition coefficient (Wildman–Crippen LogP) is 8.17. The maximum atomic E-state index is 6.17. The molecule has 2 heteroatoms. The smallest absolute Gasteiger partial charge is 0.130 e. The van der Waals surface area contributed by atoms with Gasteiger partial charge in [0.05, 0.1) is 0 Å². The quantitative estimate of drug-likeness (QED) is 0.340. The molecule has 2 nitrogen and oxygen atoms in total. The van der Waals surface area contributed by atoms with Crippen molar-refractivity contribution in [2.45, 2.75) is 27.7 Å². The number of hydrogen-bond donors (Lipinski definition) is 0. The topological polar surface area (TPSA) is 18.5 Å². The first-order valence-electron chi connectivity index (χ1n) is 10.2. The second-order valence-corrected chi connectivity index (χ2v) is 7.74. The summed E-state index contributed by atoms with van der Waals surface area (Å²) in [5.74, 6) is 3.37. The van der Waals surface area contributed by atoms with Crippen molar-refractivity contribution in [1.82, 2.24) is 0 Å². The van der Waals surface area contributed by atoms with Crippen LogP contribution in [0.2, 0.25) is 0 Å². The zero-order valence-electron chi connectivity index (χ0n) is 17.9. The Morgan fingerprint density at radius 1 is 0.467 bits per heavy atom. The van der Waals surface area contributed by atoms with Crippen molar-refractivity contribution in [3.63, 3.8) is 0 Å². The predicted molar refractivity (Wildman–Crippen MR) is 124 cm³/mol. The highest BCUT2D eigenvalue weighted by atomic mass is 16.5. The molecule has 4 aromatic carbocycles. The first kappa shape index (κ1) is 19.8. The summed E-state index contributed by atoms with van der Waals surface area (Å²) in [6.07, 6.45) is 0. The van der Waals surface area contributed by atoms with E-state index in [2.05, 4.69) is 64.1 Å². The molecule has 0 bridgehead atoms. The minimum absolute atomic E-state index is 0.825. The molecule has 30 heavy (non-hydrogen) atoms. The van der Waals surface area contributed by atoms with Gasteiger partial charge in [-0.1, -0.05) is 42.5 Å². The summed E-state index contributed by atoms with van der Waals surface area (Å²) in [6.45, 7) is 8.37. The lowest BCUT2D eigenvalue weighted by molar-refractivity contribution is 0.478. The first-order valence-corrected chi connectivity index (χ1v) is 10.2. The van der Waals surface area contributed by atoms with Crippen LogP contribution in [-0.2, 0) is 0 Å². The van der Waals surface area contributed by atoms with Crippen LogP contribution in [0.3, 0.4) is 0 Å². The van der Waals surface area contributed by atoms with Gasteiger partial charge in [-0.2, -0.15) is 0 Å². The second-order valence-electron chi connectivity index (χ2n) is 7.74. The minimum Gasteiger partial charge on any atom is -0.457 e. The van der Waals surface area contributed by atoms with Crippen LogP contribution in [0.4, 0.5) is 0 Å². The average molecular weight is 395 g/mol. The Labute approximate surface area is 178 Å². The van der Waals surface area contributed by atoms with Crippen molar-refractivity contribution in [3.05, 3.63) is 107 Å². The Morgan fingerprint density at radius 2 is 1.07 bits per heavy atom. The van der Waals surface area contributed by atoms with Crippen molar-refractivity contribution in [2.75, 3.05) is 0 Å². The second kappa shape index (κ2) is 8.46. The SMILES string of the molecule is Cc1cccc(Oc2ccc(C)c(-c3cc(Oc4ccccc4C)ccc3C)c2)c1. The molecule has 0 heterocycles. The van der Waals surface area contributed by atoms with Gasteiger partial charge in [0.1, 0.15) is 23.0 Å². The van der Waals surface area contributed by atoms with Gasteiger partial charge in [-0.05, 0) is 104 Å². The Balaban J connectivity index is 1.68. The summed E-state index contributed by atoms with van der Waals surface area (Å²) >= 11 is 0. The van der Waals surface area contributed by atoms with E-state index >= 15 is 0 Å². The standard InChI is InChI=1S/C28H26O2/c1-19-8-7-10-23(16-19)29-24-14-12-20(2)26(17-24)27-18-25(15-13-21(27)3)30-28-11-6-5-9-22(28)4/h5-18H,1-4H3. The third-order valence-corrected chi connectivity index (χ3v) is 5.25. The zero-order chi connectivity index (χ0) is 21.1. The minimum atomic E-state index is 0.825. The van der Waals surface area contributed by atoms with Crippen molar-refractivity contribution in [3.8, 4) is 34.1 Å². The highest BCUT2D eigenvalue weighted by Crippen LogP contribution is 2.35. The molecule has 0 atom stereocenters. The number of aryl methyl sites for hydroxylation is 4. The van der Waals surface area contributed by atoms with E-state index in [4.69, 9.17) is 9.47 Å². The highest BCUT2D eigenvalue weighted by Gasteiger charge is 2.10. The molecule has 0 amide bonds. The third kappa shape index (κ3) is 4.38. The van der Waals surface area contributed by atoms with Crippen LogP contribution in [0.1, 0.15) is 22.3 Å². The van der Waals surface area contributed by atoms with E-state index in [1.807, 2.05) is 48.5 Å². The van der Waals surface area contributed by atoms with E-state index in [1.165, 1.54) is 16.7 Å². The summed E-state index contributed by atoms with van der Waals surface area (Å²) in [6, 6.07) is 28.6. The highest BCUT2D eigenvalue weighted by molar-refractivity contribution is 5.73. The average Bonchev–Trinajstić information content (AvgIpc) is 2.73. The monoisotopic (exact) mass is 394 g/mol. The largest absolute Gasteiger partial charge is 0.457 e. The van der Waals surface area contributed by atoms with Crippen LogP contribution in [-0.4, -0.2) is 0 Å². The fourth-order valence-corrected chi connectivity index (χ4v) is 3.52. The van der Waals surface area contributed by atoms with Gasteiger partial charge < -0.3 is 9.47 Å². The van der Waals surface area contributed by atoms with Gasteiger partial charge in [-0.25, -0.2) is 0 Å². The molecule has 0 aliphatic rings. The van der Waals surface area contributed by atoms with Gasteiger partial charge >= 0.3 is 0 Å². The van der Waals surface area contributed by atoms with Crippen molar-refractivity contribution >= 4 is 0 Å². The van der Waals surface area contributed by atoms with Crippen molar-refractivity contribution < 1.29 is 9.47 Å². The molecule has 0 aromatic heterocycles. The molecular formula is C28H26O2. The maximum Gasteiger partial charge on any atom is 0.130 e. The normalized spacial score (nSPS) is 10.7. The van der Waals surface area contributed by atoms with Gasteiger partial charge in [0.15, 0.2) is 0 Å². The Kier molecular flexibility index (Phi) is 5.58. The molecule has 0 radical (unpaired) electrons. The van der Waals surface area contributed by atoms with Gasteiger partial charge in [0.25, 0.3) is 0 Å². The van der Waals surface area contributed by atoms with Crippen molar-refractivity contribution in [2.24, 2.45) is 0 Å². The Bertz CT molecular complexity index is 1190. The zero-order valence-corrected chi connectivity index (χ0v) is 17.9. The number of hydrogen-bond acceptors (Lipinski definition) is 2.